The van der Waals surface area contributed by atoms with Crippen LogP contribution in [0.25, 0.3) is 0 Å². The molecule has 0 aromatic heterocycles. The number of fused-ring (bicyclic) bond motifs is 1. The van der Waals surface area contributed by atoms with Crippen molar-refractivity contribution in [1.82, 2.24) is 5.32 Å². The summed E-state index contributed by atoms with van der Waals surface area (Å²) in [6.07, 6.45) is 0. The van der Waals surface area contributed by atoms with Crippen molar-refractivity contribution in [1.29, 1.82) is 0 Å². The molecule has 0 aliphatic carbocycles. The quantitative estimate of drug-likeness (QED) is 0.911. The normalized spacial score (nSPS) is 13.1. The molecule has 1 aliphatic rings. The molecule has 1 heterocycles. The van der Waals surface area contributed by atoms with Crippen LogP contribution in [0, 0.1) is 0 Å². The number of rotatable bonds is 4. The second-order valence-corrected chi connectivity index (χ2v) is 4.62. The Labute approximate surface area is 113 Å². The van der Waals surface area contributed by atoms with Crippen LogP contribution in [0.2, 0.25) is 0 Å². The highest BCUT2D eigenvalue weighted by Gasteiger charge is 2.13. The van der Waals surface area contributed by atoms with Crippen LogP contribution in [-0.2, 0) is 19.7 Å². The summed E-state index contributed by atoms with van der Waals surface area (Å²) in [6, 6.07) is 14.1. The van der Waals surface area contributed by atoms with Gasteiger partial charge in [0.05, 0.1) is 7.11 Å². The lowest BCUT2D eigenvalue weighted by molar-refractivity contribution is 0.304. The van der Waals surface area contributed by atoms with Crippen molar-refractivity contribution >= 4 is 0 Å². The molecule has 3 heteroatoms. The molecule has 19 heavy (non-hydrogen) atoms. The summed E-state index contributed by atoms with van der Waals surface area (Å²) in [5, 5.41) is 3.37. The van der Waals surface area contributed by atoms with Crippen LogP contribution in [0.4, 0.5) is 0 Å². The van der Waals surface area contributed by atoms with Gasteiger partial charge >= 0.3 is 0 Å². The summed E-state index contributed by atoms with van der Waals surface area (Å²) in [6.45, 7) is 2.51. The predicted molar refractivity (Wildman–Crippen MR) is 74.3 cm³/mol. The van der Waals surface area contributed by atoms with Gasteiger partial charge in [-0.05, 0) is 41.0 Å². The highest BCUT2D eigenvalue weighted by atomic mass is 16.5. The molecule has 0 spiro atoms. The maximum atomic E-state index is 5.83. The summed E-state index contributed by atoms with van der Waals surface area (Å²) < 4.78 is 11.0. The van der Waals surface area contributed by atoms with Gasteiger partial charge in [-0.2, -0.15) is 0 Å². The fourth-order valence-electron chi connectivity index (χ4n) is 2.37. The number of ether oxygens (including phenoxy) is 2. The van der Waals surface area contributed by atoms with Crippen molar-refractivity contribution in [3.05, 3.63) is 59.2 Å². The molecule has 1 N–H and O–H groups in total. The molecule has 0 fully saturated rings. The number of hydrogen-bond acceptors (Lipinski definition) is 3. The van der Waals surface area contributed by atoms with Crippen molar-refractivity contribution in [3.8, 4) is 11.5 Å². The van der Waals surface area contributed by atoms with Crippen molar-refractivity contribution in [2.24, 2.45) is 0 Å². The number of benzene rings is 2. The van der Waals surface area contributed by atoms with Gasteiger partial charge in [-0.1, -0.05) is 18.2 Å². The van der Waals surface area contributed by atoms with Gasteiger partial charge in [0.1, 0.15) is 18.1 Å². The van der Waals surface area contributed by atoms with Crippen LogP contribution in [0.15, 0.2) is 42.5 Å². The molecule has 3 rings (SSSR count). The lowest BCUT2D eigenvalue weighted by Gasteiger charge is -2.10. The van der Waals surface area contributed by atoms with E-state index in [0.717, 1.165) is 24.6 Å². The molecule has 0 radical (unpaired) electrons. The van der Waals surface area contributed by atoms with Gasteiger partial charge in [-0.15, -0.1) is 0 Å². The smallest absolute Gasteiger partial charge is 0.120 e. The van der Waals surface area contributed by atoms with Crippen molar-refractivity contribution < 1.29 is 9.47 Å². The molecule has 0 bridgehead atoms. The summed E-state index contributed by atoms with van der Waals surface area (Å²) >= 11 is 0. The summed E-state index contributed by atoms with van der Waals surface area (Å²) in [5.74, 6) is 1.71. The monoisotopic (exact) mass is 255 g/mol. The minimum atomic E-state index is 0.608. The number of methoxy groups -OCH3 is 1. The second kappa shape index (κ2) is 5.33. The van der Waals surface area contributed by atoms with Gasteiger partial charge in [0, 0.05) is 13.1 Å². The molecule has 0 saturated carbocycles. The molecule has 98 valence electrons. The first-order valence-corrected chi connectivity index (χ1v) is 6.44. The van der Waals surface area contributed by atoms with Crippen LogP contribution in [0.3, 0.4) is 0 Å². The van der Waals surface area contributed by atoms with E-state index >= 15 is 0 Å². The average Bonchev–Trinajstić information content (AvgIpc) is 2.94. The summed E-state index contributed by atoms with van der Waals surface area (Å²) in [4.78, 5) is 0. The average molecular weight is 255 g/mol. The zero-order chi connectivity index (χ0) is 13.1. The molecular formula is C16H17NO2. The van der Waals surface area contributed by atoms with Crippen molar-refractivity contribution in [3.63, 3.8) is 0 Å². The van der Waals surface area contributed by atoms with E-state index in [1.54, 1.807) is 7.11 Å². The Kier molecular flexibility index (Phi) is 3.38. The lowest BCUT2D eigenvalue weighted by atomic mass is 10.0. The van der Waals surface area contributed by atoms with Gasteiger partial charge in [0.25, 0.3) is 0 Å². The third kappa shape index (κ3) is 2.56. The van der Waals surface area contributed by atoms with Gasteiger partial charge in [-0.3, -0.25) is 0 Å². The SMILES string of the molecule is COc1ccc(OCc2cccc3c2CNC3)cc1. The Morgan fingerprint density at radius 2 is 1.79 bits per heavy atom. The summed E-state index contributed by atoms with van der Waals surface area (Å²) in [7, 11) is 1.66. The zero-order valence-corrected chi connectivity index (χ0v) is 11.0. The minimum absolute atomic E-state index is 0.608. The molecule has 0 saturated heterocycles. The zero-order valence-electron chi connectivity index (χ0n) is 11.0. The molecule has 3 nitrogen and oxygen atoms in total. The third-order valence-electron chi connectivity index (χ3n) is 3.44. The molecule has 0 atom stereocenters. The first-order valence-electron chi connectivity index (χ1n) is 6.44. The van der Waals surface area contributed by atoms with E-state index in [4.69, 9.17) is 9.47 Å². The van der Waals surface area contributed by atoms with Crippen molar-refractivity contribution in [2.45, 2.75) is 19.7 Å². The molecular weight excluding hydrogens is 238 g/mol. The molecule has 1 aliphatic heterocycles. The van der Waals surface area contributed by atoms with Gasteiger partial charge in [0.2, 0.25) is 0 Å². The Morgan fingerprint density at radius 1 is 1.00 bits per heavy atom. The Morgan fingerprint density at radius 3 is 2.58 bits per heavy atom. The van der Waals surface area contributed by atoms with Gasteiger partial charge < -0.3 is 14.8 Å². The van der Waals surface area contributed by atoms with E-state index in [9.17, 15) is 0 Å². The van der Waals surface area contributed by atoms with E-state index in [-0.39, 0.29) is 0 Å². The molecule has 2 aromatic rings. The first-order chi connectivity index (χ1) is 9.36. The minimum Gasteiger partial charge on any atom is -0.497 e. The molecule has 0 unspecified atom stereocenters. The van der Waals surface area contributed by atoms with E-state index in [1.165, 1.54) is 16.7 Å². The highest BCUT2D eigenvalue weighted by molar-refractivity contribution is 5.38. The van der Waals surface area contributed by atoms with Crippen LogP contribution < -0.4 is 14.8 Å². The third-order valence-corrected chi connectivity index (χ3v) is 3.44. The standard InChI is InChI=1S/C16H17NO2/c1-18-14-5-7-15(8-6-14)19-11-13-4-2-3-12-9-17-10-16(12)13/h2-8,17H,9-11H2,1H3. The highest BCUT2D eigenvalue weighted by Crippen LogP contribution is 2.22. The van der Waals surface area contributed by atoms with E-state index < -0.39 is 0 Å². The lowest BCUT2D eigenvalue weighted by Crippen LogP contribution is -2.03. The predicted octanol–water partition coefficient (Wildman–Crippen LogP) is 2.88. The number of nitrogens with one attached hydrogen (secondary N) is 1. The maximum Gasteiger partial charge on any atom is 0.120 e. The van der Waals surface area contributed by atoms with Gasteiger partial charge in [0.15, 0.2) is 0 Å². The Hall–Kier alpha value is -2.00. The van der Waals surface area contributed by atoms with Crippen molar-refractivity contribution in [2.75, 3.05) is 7.11 Å². The van der Waals surface area contributed by atoms with E-state index in [2.05, 4.69) is 23.5 Å². The van der Waals surface area contributed by atoms with E-state index in [0.29, 0.717) is 6.61 Å². The van der Waals surface area contributed by atoms with Crippen LogP contribution in [0.1, 0.15) is 16.7 Å². The van der Waals surface area contributed by atoms with E-state index in [1.807, 2.05) is 24.3 Å². The van der Waals surface area contributed by atoms with Crippen LogP contribution in [-0.4, -0.2) is 7.11 Å². The molecule has 0 amide bonds. The van der Waals surface area contributed by atoms with Crippen LogP contribution in [0.5, 0.6) is 11.5 Å². The number of hydrogen-bond donors (Lipinski definition) is 1. The van der Waals surface area contributed by atoms with Crippen LogP contribution >= 0.6 is 0 Å². The topological polar surface area (TPSA) is 30.5 Å². The Bertz CT molecular complexity index is 563. The maximum absolute atomic E-state index is 5.83. The molecule has 2 aromatic carbocycles. The fourth-order valence-corrected chi connectivity index (χ4v) is 2.37. The van der Waals surface area contributed by atoms with Gasteiger partial charge in [-0.25, -0.2) is 0 Å². The summed E-state index contributed by atoms with van der Waals surface area (Å²) in [5.41, 5.74) is 4.03. The second-order valence-electron chi connectivity index (χ2n) is 4.62. The Balaban J connectivity index is 1.70. The fraction of sp³-hybridized carbons (Fsp3) is 0.250. The first kappa shape index (κ1) is 12.1. The largest absolute Gasteiger partial charge is 0.497 e.